The molecule has 0 aliphatic carbocycles. The fourth-order valence-corrected chi connectivity index (χ4v) is 2.42. The zero-order valence-electron chi connectivity index (χ0n) is 14.7. The molecule has 0 bridgehead atoms. The van der Waals surface area contributed by atoms with Crippen molar-refractivity contribution in [2.75, 3.05) is 20.8 Å². The number of hydrogen-bond donors (Lipinski definition) is 2. The molecule has 6 nitrogen and oxygen atoms in total. The lowest BCUT2D eigenvalue weighted by atomic mass is 10.1. The number of carbonyl (C=O) groups excluding carboxylic acids is 2. The zero-order chi connectivity index (χ0) is 17.9. The second-order valence-corrected chi connectivity index (χ2v) is 5.71. The number of methoxy groups -OCH3 is 2. The molecule has 0 spiro atoms. The van der Waals surface area contributed by atoms with E-state index in [2.05, 4.69) is 5.32 Å². The average molecular weight is 337 g/mol. The Kier molecular flexibility index (Phi) is 8.68. The Morgan fingerprint density at radius 1 is 1.08 bits per heavy atom. The molecule has 2 N–H and O–H groups in total. The number of nitrogens with one attached hydrogen (secondary N) is 1. The molecule has 0 unspecified atom stereocenters. The highest BCUT2D eigenvalue weighted by Crippen LogP contribution is 2.37. The molecule has 1 aromatic carbocycles. The number of rotatable bonds is 11. The van der Waals surface area contributed by atoms with Crippen LogP contribution < -0.4 is 14.8 Å². The molecule has 0 radical (unpaired) electrons. The molecule has 0 fully saturated rings. The fraction of sp³-hybridized carbons (Fsp3) is 0.556. The van der Waals surface area contributed by atoms with E-state index in [-0.39, 0.29) is 17.4 Å². The highest BCUT2D eigenvalue weighted by atomic mass is 16.5. The van der Waals surface area contributed by atoms with E-state index >= 15 is 0 Å². The van der Waals surface area contributed by atoms with Crippen LogP contribution in [0, 0.1) is 0 Å². The summed E-state index contributed by atoms with van der Waals surface area (Å²) in [6, 6.07) is 3.39. The summed E-state index contributed by atoms with van der Waals surface area (Å²) in [5.41, 5.74) is 0.854. The van der Waals surface area contributed by atoms with Gasteiger partial charge in [-0.25, -0.2) is 0 Å². The molecule has 0 aromatic heterocycles. The van der Waals surface area contributed by atoms with E-state index in [1.165, 1.54) is 14.2 Å². The summed E-state index contributed by atoms with van der Waals surface area (Å²) in [6.45, 7) is 2.07. The molecule has 24 heavy (non-hydrogen) atoms. The van der Waals surface area contributed by atoms with Crippen molar-refractivity contribution in [1.29, 1.82) is 0 Å². The van der Waals surface area contributed by atoms with Crippen molar-refractivity contribution < 1.29 is 24.2 Å². The highest BCUT2D eigenvalue weighted by molar-refractivity contribution is 5.76. The minimum atomic E-state index is 0.00234. The minimum absolute atomic E-state index is 0.00234. The van der Waals surface area contributed by atoms with E-state index < -0.39 is 0 Å². The summed E-state index contributed by atoms with van der Waals surface area (Å²) < 4.78 is 10.3. The maximum absolute atomic E-state index is 11.7. The molecule has 1 rings (SSSR count). The van der Waals surface area contributed by atoms with Crippen molar-refractivity contribution in [3.63, 3.8) is 0 Å². The van der Waals surface area contributed by atoms with E-state index in [1.807, 2.05) is 0 Å². The average Bonchev–Trinajstić information content (AvgIpc) is 2.53. The maximum Gasteiger partial charge on any atom is 0.220 e. The number of phenols is 1. The van der Waals surface area contributed by atoms with Gasteiger partial charge in [-0.2, -0.15) is 0 Å². The standard InChI is InChI=1S/C18H27NO5/c1-13(20)7-5-4-6-8-17(22)19-10-9-14-11-15(21)18(24-3)16(12-14)23-2/h11-12,21H,4-10H2,1-3H3,(H,19,22). The van der Waals surface area contributed by atoms with Gasteiger partial charge in [-0.3, -0.25) is 4.79 Å². The first-order chi connectivity index (χ1) is 11.5. The monoisotopic (exact) mass is 337 g/mol. The number of aromatic hydroxyl groups is 1. The Morgan fingerprint density at radius 2 is 1.79 bits per heavy atom. The van der Waals surface area contributed by atoms with Crippen LogP contribution in [0.15, 0.2) is 12.1 Å². The molecule has 1 aromatic rings. The Labute approximate surface area is 143 Å². The lowest BCUT2D eigenvalue weighted by molar-refractivity contribution is -0.121. The summed E-state index contributed by atoms with van der Waals surface area (Å²) in [7, 11) is 2.98. The van der Waals surface area contributed by atoms with Crippen LogP contribution in [0.25, 0.3) is 0 Å². The number of benzene rings is 1. The lowest BCUT2D eigenvalue weighted by Gasteiger charge is -2.12. The topological polar surface area (TPSA) is 84.9 Å². The van der Waals surface area contributed by atoms with E-state index in [0.717, 1.165) is 24.8 Å². The molecule has 1 amide bonds. The van der Waals surface area contributed by atoms with Crippen LogP contribution in [0.5, 0.6) is 17.2 Å². The molecule has 6 heteroatoms. The van der Waals surface area contributed by atoms with Crippen molar-refractivity contribution in [2.24, 2.45) is 0 Å². The van der Waals surface area contributed by atoms with Crippen LogP contribution in [0.2, 0.25) is 0 Å². The molecule has 0 heterocycles. The van der Waals surface area contributed by atoms with Gasteiger partial charge in [0.25, 0.3) is 0 Å². The van der Waals surface area contributed by atoms with Gasteiger partial charge in [0, 0.05) is 19.4 Å². The number of carbonyl (C=O) groups is 2. The van der Waals surface area contributed by atoms with Crippen molar-refractivity contribution in [3.8, 4) is 17.2 Å². The van der Waals surface area contributed by atoms with Crippen LogP contribution in [0.1, 0.15) is 44.6 Å². The summed E-state index contributed by atoms with van der Waals surface area (Å²) in [5, 5.41) is 12.8. The van der Waals surface area contributed by atoms with Gasteiger partial charge in [-0.1, -0.05) is 6.42 Å². The summed E-state index contributed by atoms with van der Waals surface area (Å²) in [6.07, 6.45) is 4.16. The largest absolute Gasteiger partial charge is 0.504 e. The summed E-state index contributed by atoms with van der Waals surface area (Å²) >= 11 is 0. The van der Waals surface area contributed by atoms with E-state index in [9.17, 15) is 14.7 Å². The van der Waals surface area contributed by atoms with Gasteiger partial charge >= 0.3 is 0 Å². The van der Waals surface area contributed by atoms with Gasteiger partial charge in [-0.05, 0) is 43.9 Å². The van der Waals surface area contributed by atoms with E-state index in [4.69, 9.17) is 9.47 Å². The number of unbranched alkanes of at least 4 members (excludes halogenated alkanes) is 2. The van der Waals surface area contributed by atoms with E-state index in [1.54, 1.807) is 19.1 Å². The number of amides is 1. The SMILES string of the molecule is COc1cc(CCNC(=O)CCCCCC(C)=O)cc(O)c1OC. The molecular weight excluding hydrogens is 310 g/mol. The predicted molar refractivity (Wildman–Crippen MR) is 91.7 cm³/mol. The molecular formula is C18H27NO5. The molecule has 0 atom stereocenters. The van der Waals surface area contributed by atoms with Crippen molar-refractivity contribution >= 4 is 11.7 Å². The maximum atomic E-state index is 11.7. The van der Waals surface area contributed by atoms with Gasteiger partial charge in [0.1, 0.15) is 5.78 Å². The fourth-order valence-electron chi connectivity index (χ4n) is 2.42. The van der Waals surface area contributed by atoms with Crippen LogP contribution in [-0.4, -0.2) is 37.6 Å². The molecule has 0 aliphatic rings. The zero-order valence-corrected chi connectivity index (χ0v) is 14.7. The van der Waals surface area contributed by atoms with Gasteiger partial charge in [-0.15, -0.1) is 0 Å². The first-order valence-corrected chi connectivity index (χ1v) is 8.18. The number of Topliss-reactive ketones (excluding diaryl/α,β-unsaturated/α-hetero) is 1. The third-order valence-electron chi connectivity index (χ3n) is 3.69. The van der Waals surface area contributed by atoms with Crippen LogP contribution in [0.3, 0.4) is 0 Å². The summed E-state index contributed by atoms with van der Waals surface area (Å²) in [4.78, 5) is 22.6. The third-order valence-corrected chi connectivity index (χ3v) is 3.69. The summed E-state index contributed by atoms with van der Waals surface area (Å²) in [5.74, 6) is 0.976. The number of ketones is 1. The Bertz CT molecular complexity index is 557. The molecule has 0 aliphatic heterocycles. The second-order valence-electron chi connectivity index (χ2n) is 5.71. The minimum Gasteiger partial charge on any atom is -0.504 e. The normalized spacial score (nSPS) is 10.3. The third kappa shape index (κ3) is 6.89. The first kappa shape index (κ1) is 19.8. The van der Waals surface area contributed by atoms with Crippen LogP contribution in [-0.2, 0) is 16.0 Å². The number of hydrogen-bond acceptors (Lipinski definition) is 5. The Hall–Kier alpha value is -2.24. The van der Waals surface area contributed by atoms with Crippen molar-refractivity contribution in [3.05, 3.63) is 17.7 Å². The number of phenolic OH excluding ortho intramolecular Hbond substituents is 1. The molecule has 0 saturated carbocycles. The molecule has 0 saturated heterocycles. The quantitative estimate of drug-likeness (QED) is 0.606. The molecule has 134 valence electrons. The van der Waals surface area contributed by atoms with Crippen LogP contribution in [0.4, 0.5) is 0 Å². The van der Waals surface area contributed by atoms with Gasteiger partial charge in [0.2, 0.25) is 11.7 Å². The van der Waals surface area contributed by atoms with Crippen LogP contribution >= 0.6 is 0 Å². The Morgan fingerprint density at radius 3 is 2.42 bits per heavy atom. The first-order valence-electron chi connectivity index (χ1n) is 8.18. The predicted octanol–water partition coefficient (Wildman–Crippen LogP) is 2.61. The Balaban J connectivity index is 2.33. The van der Waals surface area contributed by atoms with E-state index in [0.29, 0.717) is 37.3 Å². The highest BCUT2D eigenvalue weighted by Gasteiger charge is 2.11. The van der Waals surface area contributed by atoms with Crippen molar-refractivity contribution in [2.45, 2.75) is 45.4 Å². The van der Waals surface area contributed by atoms with Gasteiger partial charge in [0.05, 0.1) is 14.2 Å². The van der Waals surface area contributed by atoms with Gasteiger partial charge < -0.3 is 24.7 Å². The van der Waals surface area contributed by atoms with Crippen molar-refractivity contribution in [1.82, 2.24) is 5.32 Å². The van der Waals surface area contributed by atoms with Gasteiger partial charge in [0.15, 0.2) is 11.5 Å². The lowest BCUT2D eigenvalue weighted by Crippen LogP contribution is -2.25. The smallest absolute Gasteiger partial charge is 0.220 e. The number of ether oxygens (including phenoxy) is 2. The second kappa shape index (κ2) is 10.5.